The van der Waals surface area contributed by atoms with Crippen LogP contribution in [0.2, 0.25) is 0 Å². The van der Waals surface area contributed by atoms with E-state index in [1.54, 1.807) is 19.1 Å². The molecule has 0 aliphatic carbocycles. The average molecular weight is 338 g/mol. The molecule has 0 bridgehead atoms. The van der Waals surface area contributed by atoms with Crippen molar-refractivity contribution in [2.24, 2.45) is 0 Å². The Labute approximate surface area is 145 Å². The largest absolute Gasteiger partial charge is 0.206 e. The van der Waals surface area contributed by atoms with Crippen molar-refractivity contribution in [1.82, 2.24) is 0 Å². The first-order valence-corrected chi connectivity index (χ1v) is 7.98. The van der Waals surface area contributed by atoms with Crippen LogP contribution >= 0.6 is 0 Å². The first-order valence-electron chi connectivity index (χ1n) is 7.98. The van der Waals surface area contributed by atoms with Crippen LogP contribution < -0.4 is 0 Å². The van der Waals surface area contributed by atoms with E-state index in [2.05, 4.69) is 0 Å². The Bertz CT molecular complexity index is 915. The molecule has 0 nitrogen and oxygen atoms in total. The highest BCUT2D eigenvalue weighted by molar-refractivity contribution is 5.72. The molecule has 3 aromatic rings. The van der Waals surface area contributed by atoms with Crippen molar-refractivity contribution in [3.8, 4) is 22.3 Å². The van der Waals surface area contributed by atoms with Crippen molar-refractivity contribution in [3.05, 3.63) is 89.3 Å². The fourth-order valence-corrected chi connectivity index (χ4v) is 2.76. The second kappa shape index (κ2) is 6.98. The van der Waals surface area contributed by atoms with Gasteiger partial charge in [-0.15, -0.1) is 0 Å². The Morgan fingerprint density at radius 2 is 1.24 bits per heavy atom. The third-order valence-corrected chi connectivity index (χ3v) is 4.06. The minimum Gasteiger partial charge on any atom is -0.206 e. The van der Waals surface area contributed by atoms with Gasteiger partial charge < -0.3 is 0 Å². The second-order valence-corrected chi connectivity index (χ2v) is 5.92. The summed E-state index contributed by atoms with van der Waals surface area (Å²) in [6.45, 7) is 3.72. The molecule has 126 valence electrons. The highest BCUT2D eigenvalue weighted by Gasteiger charge is 2.15. The summed E-state index contributed by atoms with van der Waals surface area (Å²) < 4.78 is 43.2. The van der Waals surface area contributed by atoms with Gasteiger partial charge in [-0.2, -0.15) is 0 Å². The van der Waals surface area contributed by atoms with Gasteiger partial charge in [-0.3, -0.25) is 0 Å². The van der Waals surface area contributed by atoms with Crippen LogP contribution in [0.25, 0.3) is 28.3 Å². The van der Waals surface area contributed by atoms with Gasteiger partial charge in [0.05, 0.1) is 5.56 Å². The fraction of sp³-hybridized carbons (Fsp3) is 0.0909. The minimum atomic E-state index is -0.714. The van der Waals surface area contributed by atoms with Crippen LogP contribution in [0, 0.1) is 24.4 Å². The highest BCUT2D eigenvalue weighted by atomic mass is 19.1. The summed E-state index contributed by atoms with van der Waals surface area (Å²) >= 11 is 0. The van der Waals surface area contributed by atoms with Gasteiger partial charge in [0, 0.05) is 5.56 Å². The summed E-state index contributed by atoms with van der Waals surface area (Å²) in [6.07, 6.45) is 3.31. The number of aryl methyl sites for hydroxylation is 1. The van der Waals surface area contributed by atoms with Crippen LogP contribution in [-0.4, -0.2) is 0 Å². The molecule has 25 heavy (non-hydrogen) atoms. The molecular formula is C22H17F3. The van der Waals surface area contributed by atoms with Gasteiger partial charge in [0.1, 0.15) is 17.5 Å². The van der Waals surface area contributed by atoms with Crippen LogP contribution in [0.5, 0.6) is 0 Å². The lowest BCUT2D eigenvalue weighted by molar-refractivity contribution is 0.589. The minimum absolute atomic E-state index is 0.177. The van der Waals surface area contributed by atoms with Gasteiger partial charge in [-0.05, 0) is 48.7 Å². The van der Waals surface area contributed by atoms with Gasteiger partial charge in [0.15, 0.2) is 0 Å². The van der Waals surface area contributed by atoms with E-state index in [4.69, 9.17) is 0 Å². The molecular weight excluding hydrogens is 321 g/mol. The molecule has 0 radical (unpaired) electrons. The van der Waals surface area contributed by atoms with Gasteiger partial charge in [0.2, 0.25) is 0 Å². The normalized spacial score (nSPS) is 11.2. The molecule has 0 heterocycles. The second-order valence-electron chi connectivity index (χ2n) is 5.92. The number of halogens is 3. The zero-order valence-corrected chi connectivity index (χ0v) is 14.0. The summed E-state index contributed by atoms with van der Waals surface area (Å²) in [5.41, 5.74) is 2.58. The number of allylic oxidation sites excluding steroid dienone is 1. The molecule has 0 atom stereocenters. The quantitative estimate of drug-likeness (QED) is 0.494. The predicted molar refractivity (Wildman–Crippen MR) is 96.6 cm³/mol. The maximum atomic E-state index is 14.6. The van der Waals surface area contributed by atoms with Gasteiger partial charge in [-0.25, -0.2) is 13.2 Å². The Balaban J connectivity index is 2.06. The number of benzene rings is 3. The van der Waals surface area contributed by atoms with Crippen LogP contribution in [-0.2, 0) is 0 Å². The number of rotatable bonds is 3. The molecule has 0 unspecified atom stereocenters. The van der Waals surface area contributed by atoms with E-state index in [-0.39, 0.29) is 11.1 Å². The van der Waals surface area contributed by atoms with E-state index in [0.717, 1.165) is 17.2 Å². The first-order chi connectivity index (χ1) is 12.0. The zero-order valence-electron chi connectivity index (χ0n) is 14.0. The molecule has 0 aromatic heterocycles. The molecule has 3 heteroatoms. The Morgan fingerprint density at radius 3 is 1.80 bits per heavy atom. The monoisotopic (exact) mass is 338 g/mol. The molecule has 0 N–H and O–H groups in total. The Hall–Kier alpha value is -2.81. The third kappa shape index (κ3) is 3.50. The lowest BCUT2D eigenvalue weighted by Crippen LogP contribution is -1.94. The molecule has 0 saturated heterocycles. The van der Waals surface area contributed by atoms with Gasteiger partial charge in [0.25, 0.3) is 0 Å². The molecule has 3 rings (SSSR count). The smallest absolute Gasteiger partial charge is 0.134 e. The third-order valence-electron chi connectivity index (χ3n) is 4.06. The van der Waals surface area contributed by atoms with E-state index in [9.17, 15) is 13.2 Å². The maximum Gasteiger partial charge on any atom is 0.134 e. The molecule has 0 fully saturated rings. The lowest BCUT2D eigenvalue weighted by atomic mass is 9.97. The summed E-state index contributed by atoms with van der Waals surface area (Å²) in [5.74, 6) is -1.94. The SMILES string of the molecule is C/C=C/c1ccc(-c2c(F)cc(-c3ccc(C)cc3)cc2F)cc1F. The molecule has 0 amide bonds. The fourth-order valence-electron chi connectivity index (χ4n) is 2.76. The Morgan fingerprint density at radius 1 is 0.680 bits per heavy atom. The summed E-state index contributed by atoms with van der Waals surface area (Å²) in [6, 6.07) is 14.1. The molecule has 0 aliphatic rings. The number of hydrogen-bond acceptors (Lipinski definition) is 0. The van der Waals surface area contributed by atoms with Crippen LogP contribution in [0.1, 0.15) is 18.1 Å². The molecule has 3 aromatic carbocycles. The zero-order chi connectivity index (χ0) is 18.0. The van der Waals surface area contributed by atoms with Crippen LogP contribution in [0.3, 0.4) is 0 Å². The summed E-state index contributed by atoms with van der Waals surface area (Å²) in [5, 5.41) is 0. The number of hydrogen-bond donors (Lipinski definition) is 0. The summed E-state index contributed by atoms with van der Waals surface area (Å²) in [7, 11) is 0. The van der Waals surface area contributed by atoms with Crippen molar-refractivity contribution < 1.29 is 13.2 Å². The van der Waals surface area contributed by atoms with E-state index in [1.165, 1.54) is 24.3 Å². The predicted octanol–water partition coefficient (Wildman–Crippen LogP) is 6.78. The lowest BCUT2D eigenvalue weighted by Gasteiger charge is -2.10. The standard InChI is InChI=1S/C22H17F3/c1-3-4-16-9-10-17(11-19(16)23)22-20(24)12-18(13-21(22)25)15-7-5-14(2)6-8-15/h3-13H,1-2H3/b4-3+. The molecule has 0 saturated carbocycles. The average Bonchev–Trinajstić information content (AvgIpc) is 2.57. The van der Waals surface area contributed by atoms with Crippen LogP contribution in [0.4, 0.5) is 13.2 Å². The Kier molecular flexibility index (Phi) is 4.75. The molecule has 0 spiro atoms. The maximum absolute atomic E-state index is 14.6. The van der Waals surface area contributed by atoms with E-state index in [1.807, 2.05) is 31.2 Å². The first kappa shape index (κ1) is 17.0. The van der Waals surface area contributed by atoms with Crippen molar-refractivity contribution in [2.75, 3.05) is 0 Å². The summed E-state index contributed by atoms with van der Waals surface area (Å²) in [4.78, 5) is 0. The van der Waals surface area contributed by atoms with Crippen molar-refractivity contribution in [2.45, 2.75) is 13.8 Å². The van der Waals surface area contributed by atoms with E-state index in [0.29, 0.717) is 11.1 Å². The van der Waals surface area contributed by atoms with Gasteiger partial charge >= 0.3 is 0 Å². The van der Waals surface area contributed by atoms with Crippen molar-refractivity contribution >= 4 is 6.08 Å². The van der Waals surface area contributed by atoms with Gasteiger partial charge in [-0.1, -0.05) is 54.1 Å². The van der Waals surface area contributed by atoms with E-state index < -0.39 is 17.5 Å². The molecule has 0 aliphatic heterocycles. The van der Waals surface area contributed by atoms with Crippen molar-refractivity contribution in [1.29, 1.82) is 0 Å². The topological polar surface area (TPSA) is 0 Å². The highest BCUT2D eigenvalue weighted by Crippen LogP contribution is 2.32. The van der Waals surface area contributed by atoms with Crippen LogP contribution in [0.15, 0.2) is 60.7 Å². The van der Waals surface area contributed by atoms with E-state index >= 15 is 0 Å². The van der Waals surface area contributed by atoms with Crippen molar-refractivity contribution in [3.63, 3.8) is 0 Å².